The number of hydrogen-bond acceptors (Lipinski definition) is 8. The van der Waals surface area contributed by atoms with E-state index in [1.165, 1.54) is 12.5 Å². The van der Waals surface area contributed by atoms with E-state index in [1.807, 2.05) is 0 Å². The first-order valence-electron chi connectivity index (χ1n) is 9.07. The highest BCUT2D eigenvalue weighted by Crippen LogP contribution is 2.62. The monoisotopic (exact) mass is 376 g/mol. The van der Waals surface area contributed by atoms with Gasteiger partial charge in [-0.05, 0) is 25.3 Å². The lowest BCUT2D eigenvalue weighted by Gasteiger charge is -2.58. The van der Waals surface area contributed by atoms with E-state index >= 15 is 0 Å². The maximum atomic E-state index is 12.7. The van der Waals surface area contributed by atoms with Crippen molar-refractivity contribution in [2.45, 2.75) is 43.2 Å². The number of fused-ring (bicyclic) bond motifs is 2. The molecule has 27 heavy (non-hydrogen) atoms. The van der Waals surface area contributed by atoms with Crippen LogP contribution in [-0.4, -0.2) is 51.7 Å². The Bertz CT molecular complexity index is 829. The van der Waals surface area contributed by atoms with E-state index in [1.54, 1.807) is 12.1 Å². The van der Waals surface area contributed by atoms with Crippen LogP contribution in [0.4, 0.5) is 0 Å². The lowest BCUT2D eigenvalue weighted by molar-refractivity contribution is -0.250. The Morgan fingerprint density at radius 1 is 1.22 bits per heavy atom. The second-order valence-electron chi connectivity index (χ2n) is 8.02. The molecular weight excluding hydrogens is 356 g/mol. The molecule has 1 aromatic heterocycles. The fourth-order valence-corrected chi connectivity index (χ4v) is 5.63. The number of furan rings is 1. The number of rotatable bonds is 1. The van der Waals surface area contributed by atoms with Gasteiger partial charge in [0, 0.05) is 28.4 Å². The maximum Gasteiger partial charge on any atom is 0.341 e. The minimum atomic E-state index is -2.13. The summed E-state index contributed by atoms with van der Waals surface area (Å²) in [5.74, 6) is -2.79. The maximum absolute atomic E-state index is 12.7. The van der Waals surface area contributed by atoms with Gasteiger partial charge in [-0.3, -0.25) is 0 Å². The molecule has 5 rings (SSSR count). The van der Waals surface area contributed by atoms with Gasteiger partial charge in [0.25, 0.3) is 0 Å². The fourth-order valence-electron chi connectivity index (χ4n) is 5.63. The van der Waals surface area contributed by atoms with Crippen LogP contribution in [0, 0.1) is 17.3 Å². The fraction of sp³-hybridized carbons (Fsp3) is 0.579. The number of ether oxygens (including phenoxy) is 2. The van der Waals surface area contributed by atoms with E-state index in [9.17, 15) is 24.9 Å². The number of esters is 2. The van der Waals surface area contributed by atoms with Crippen LogP contribution in [0.5, 0.6) is 0 Å². The minimum Gasteiger partial charge on any atom is -0.472 e. The predicted molar refractivity (Wildman–Crippen MR) is 86.8 cm³/mol. The van der Waals surface area contributed by atoms with Gasteiger partial charge in [0.2, 0.25) is 0 Å². The quantitative estimate of drug-likeness (QED) is 0.595. The Hall–Kier alpha value is -2.16. The van der Waals surface area contributed by atoms with E-state index in [-0.39, 0.29) is 25.9 Å². The Morgan fingerprint density at radius 2 is 2.04 bits per heavy atom. The standard InChI is InChI=1S/C19H20O8/c20-12-2-1-10-16(22)26-8-18(10)6-14(21)19(24)11(15(12)18)5-13(27-17(19)23)9-3-4-25-7-9/h1,3-4,7,11-15,20-21,24H,2,5-6,8H2/t11?,12?,13-,14+,15?,18-,19+/m1/s1. The van der Waals surface area contributed by atoms with E-state index < -0.39 is 53.1 Å². The number of carbonyl (C=O) groups excluding carboxylic acids is 2. The summed E-state index contributed by atoms with van der Waals surface area (Å²) in [4.78, 5) is 25.0. The Balaban J connectivity index is 1.62. The largest absolute Gasteiger partial charge is 0.472 e. The highest BCUT2D eigenvalue weighted by molar-refractivity contribution is 5.93. The molecule has 2 aliphatic carbocycles. The summed E-state index contributed by atoms with van der Waals surface area (Å²) in [6, 6.07) is 1.67. The third kappa shape index (κ3) is 2.03. The summed E-state index contributed by atoms with van der Waals surface area (Å²) in [5, 5.41) is 32.7. The van der Waals surface area contributed by atoms with E-state index in [0.29, 0.717) is 11.1 Å². The average molecular weight is 376 g/mol. The van der Waals surface area contributed by atoms with Crippen LogP contribution in [-0.2, 0) is 19.1 Å². The van der Waals surface area contributed by atoms with Crippen LogP contribution in [0.15, 0.2) is 34.7 Å². The van der Waals surface area contributed by atoms with Crippen molar-refractivity contribution in [3.8, 4) is 0 Å². The summed E-state index contributed by atoms with van der Waals surface area (Å²) in [6.45, 7) is 0.0223. The zero-order valence-electron chi connectivity index (χ0n) is 14.4. The molecule has 3 N–H and O–H groups in total. The van der Waals surface area contributed by atoms with Gasteiger partial charge in [-0.1, -0.05) is 6.08 Å². The highest BCUT2D eigenvalue weighted by Gasteiger charge is 2.71. The zero-order valence-corrected chi connectivity index (χ0v) is 14.4. The molecule has 8 nitrogen and oxygen atoms in total. The molecule has 0 aromatic carbocycles. The van der Waals surface area contributed by atoms with Crippen molar-refractivity contribution < 1.29 is 38.8 Å². The van der Waals surface area contributed by atoms with Crippen molar-refractivity contribution in [3.05, 3.63) is 35.8 Å². The number of carbonyl (C=O) groups is 2. The molecule has 0 radical (unpaired) electrons. The van der Waals surface area contributed by atoms with Gasteiger partial charge in [-0.25, -0.2) is 9.59 Å². The third-order valence-corrected chi connectivity index (χ3v) is 6.86. The second-order valence-corrected chi connectivity index (χ2v) is 8.02. The van der Waals surface area contributed by atoms with Crippen molar-refractivity contribution in [2.24, 2.45) is 17.3 Å². The number of aliphatic hydroxyl groups excluding tert-OH is 2. The molecule has 3 unspecified atom stereocenters. The Morgan fingerprint density at radius 3 is 2.78 bits per heavy atom. The molecule has 3 heterocycles. The van der Waals surface area contributed by atoms with Crippen LogP contribution in [0.1, 0.15) is 30.9 Å². The molecule has 2 aliphatic heterocycles. The van der Waals surface area contributed by atoms with Gasteiger partial charge in [-0.2, -0.15) is 0 Å². The van der Waals surface area contributed by atoms with Crippen LogP contribution in [0.25, 0.3) is 0 Å². The molecule has 0 amide bonds. The molecule has 1 spiro atoms. The molecule has 4 aliphatic rings. The first kappa shape index (κ1) is 17.0. The molecule has 1 saturated carbocycles. The van der Waals surface area contributed by atoms with Gasteiger partial charge in [0.05, 0.1) is 24.7 Å². The van der Waals surface area contributed by atoms with Crippen LogP contribution < -0.4 is 0 Å². The SMILES string of the molecule is O=C1OC[C@@]23C[C@H](O)[C@]4(O)C(=O)O[C@@H](c5ccoc5)CC4C2C(O)CC=C13. The van der Waals surface area contributed by atoms with Crippen LogP contribution in [0.2, 0.25) is 0 Å². The number of cyclic esters (lactones) is 2. The van der Waals surface area contributed by atoms with E-state index in [2.05, 4.69) is 0 Å². The third-order valence-electron chi connectivity index (χ3n) is 6.86. The molecule has 2 saturated heterocycles. The molecule has 144 valence electrons. The summed E-state index contributed by atoms with van der Waals surface area (Å²) >= 11 is 0. The highest BCUT2D eigenvalue weighted by atomic mass is 16.6. The van der Waals surface area contributed by atoms with Crippen molar-refractivity contribution in [1.29, 1.82) is 0 Å². The molecule has 0 bridgehead atoms. The molecular formula is C19H20O8. The second kappa shape index (κ2) is 5.43. The van der Waals surface area contributed by atoms with Crippen molar-refractivity contribution in [2.75, 3.05) is 6.61 Å². The normalized spacial score (nSPS) is 45.9. The summed E-state index contributed by atoms with van der Waals surface area (Å²) in [7, 11) is 0. The average Bonchev–Trinajstić information content (AvgIpc) is 3.26. The van der Waals surface area contributed by atoms with Gasteiger partial charge < -0.3 is 29.2 Å². The summed E-state index contributed by atoms with van der Waals surface area (Å²) < 4.78 is 15.7. The van der Waals surface area contributed by atoms with Crippen LogP contribution >= 0.6 is 0 Å². The first-order valence-corrected chi connectivity index (χ1v) is 9.07. The molecule has 7 atom stereocenters. The van der Waals surface area contributed by atoms with E-state index in [4.69, 9.17) is 13.9 Å². The van der Waals surface area contributed by atoms with E-state index in [0.717, 1.165) is 0 Å². The van der Waals surface area contributed by atoms with Crippen LogP contribution in [0.3, 0.4) is 0 Å². The summed E-state index contributed by atoms with van der Waals surface area (Å²) in [6.07, 6.45) is 1.98. The molecule has 8 heteroatoms. The topological polar surface area (TPSA) is 126 Å². The summed E-state index contributed by atoms with van der Waals surface area (Å²) in [5.41, 5.74) is -1.98. The molecule has 3 fully saturated rings. The first-order chi connectivity index (χ1) is 12.9. The lowest BCUT2D eigenvalue weighted by atomic mass is 9.49. The van der Waals surface area contributed by atoms with Gasteiger partial charge in [0.1, 0.15) is 12.7 Å². The zero-order chi connectivity index (χ0) is 19.0. The van der Waals surface area contributed by atoms with Gasteiger partial charge in [-0.15, -0.1) is 0 Å². The number of aliphatic hydroxyl groups is 3. The van der Waals surface area contributed by atoms with Gasteiger partial charge >= 0.3 is 11.9 Å². The number of hydrogen-bond donors (Lipinski definition) is 3. The Kier molecular flexibility index (Phi) is 3.42. The van der Waals surface area contributed by atoms with Gasteiger partial charge in [0.15, 0.2) is 5.60 Å². The Labute approximate surface area is 154 Å². The molecule has 1 aromatic rings. The van der Waals surface area contributed by atoms with Crippen molar-refractivity contribution >= 4 is 11.9 Å². The lowest BCUT2D eigenvalue weighted by Crippen LogP contribution is -2.70. The smallest absolute Gasteiger partial charge is 0.341 e. The van der Waals surface area contributed by atoms with Crippen molar-refractivity contribution in [1.82, 2.24) is 0 Å². The minimum absolute atomic E-state index is 0.0223. The predicted octanol–water partition coefficient (Wildman–Crippen LogP) is 0.230. The van der Waals surface area contributed by atoms with Crippen molar-refractivity contribution in [3.63, 3.8) is 0 Å².